The van der Waals surface area contributed by atoms with E-state index in [0.29, 0.717) is 12.8 Å². The fraction of sp³-hybridized carbons (Fsp3) is 0.667. The smallest absolute Gasteiger partial charge is 0.235 e. The van der Waals surface area contributed by atoms with Crippen molar-refractivity contribution in [1.29, 1.82) is 0 Å². The second-order valence-electron chi connectivity index (χ2n) is 2.12. The molecule has 0 spiro atoms. The number of carbonyl (C=O) groups is 2. The van der Waals surface area contributed by atoms with Gasteiger partial charge in [0, 0.05) is 0 Å². The summed E-state index contributed by atoms with van der Waals surface area (Å²) in [6, 6.07) is 0. The number of hydrogen-bond acceptors (Lipinski definition) is 2. The monoisotopic (exact) mass is 338 g/mol. The van der Waals surface area contributed by atoms with Gasteiger partial charge in [0.15, 0.2) is 0 Å². The Morgan fingerprint density at radius 2 is 1.25 bits per heavy atom. The van der Waals surface area contributed by atoms with Crippen molar-refractivity contribution in [3.63, 3.8) is 0 Å². The molecule has 0 saturated heterocycles. The van der Waals surface area contributed by atoms with E-state index in [9.17, 15) is 9.59 Å². The van der Waals surface area contributed by atoms with Gasteiger partial charge in [-0.1, -0.05) is 31.9 Å². The minimum atomic E-state index is -0.461. The van der Waals surface area contributed by atoms with E-state index in [0.717, 1.165) is 0 Å². The minimum Gasteiger partial charge on any atom is -0.280 e. The molecule has 70 valence electrons. The van der Waals surface area contributed by atoms with Crippen LogP contribution in [-0.2, 0) is 9.59 Å². The quantitative estimate of drug-likeness (QED) is 0.569. The lowest BCUT2D eigenvalue weighted by Gasteiger charge is -2.05. The van der Waals surface area contributed by atoms with Gasteiger partial charge in [0.05, 0.1) is 9.65 Å². The number of alkyl halides is 2. The second kappa shape index (κ2) is 6.35. The topological polar surface area (TPSA) is 34.1 Å². The fourth-order valence-electron chi connectivity index (χ4n) is 0.520. The summed E-state index contributed by atoms with van der Waals surface area (Å²) in [6.07, 6.45) is 0.966. The fourth-order valence-corrected chi connectivity index (χ4v) is 1.27. The zero-order valence-electron chi connectivity index (χ0n) is 5.90. The van der Waals surface area contributed by atoms with Gasteiger partial charge in [0.2, 0.25) is 10.5 Å². The maximum absolute atomic E-state index is 10.5. The molecule has 2 nitrogen and oxygen atoms in total. The molecule has 2 atom stereocenters. The van der Waals surface area contributed by atoms with Gasteiger partial charge in [0.25, 0.3) is 0 Å². The maximum atomic E-state index is 10.5. The minimum absolute atomic E-state index is 0.407. The predicted molar refractivity (Wildman–Crippen MR) is 56.4 cm³/mol. The van der Waals surface area contributed by atoms with Gasteiger partial charge in [-0.3, -0.25) is 9.59 Å². The van der Waals surface area contributed by atoms with Crippen LogP contribution in [-0.4, -0.2) is 20.1 Å². The average Bonchev–Trinajstić information content (AvgIpc) is 1.98. The Balaban J connectivity index is 3.68. The third-order valence-electron chi connectivity index (χ3n) is 1.17. The van der Waals surface area contributed by atoms with Crippen LogP contribution in [0.4, 0.5) is 0 Å². The van der Waals surface area contributed by atoms with Crippen LogP contribution >= 0.6 is 55.1 Å². The normalized spacial score (nSPS) is 15.3. The van der Waals surface area contributed by atoms with E-state index in [1.807, 2.05) is 0 Å². The Morgan fingerprint density at radius 3 is 1.42 bits per heavy atom. The third-order valence-corrected chi connectivity index (χ3v) is 3.97. The maximum Gasteiger partial charge on any atom is 0.235 e. The summed E-state index contributed by atoms with van der Waals surface area (Å²) in [7, 11) is 0. The van der Waals surface area contributed by atoms with Crippen LogP contribution in [0.5, 0.6) is 0 Å². The van der Waals surface area contributed by atoms with Crippen molar-refractivity contribution in [1.82, 2.24) is 0 Å². The molecule has 0 radical (unpaired) electrons. The molecule has 0 unspecified atom stereocenters. The van der Waals surface area contributed by atoms with Gasteiger partial charge in [-0.05, 0) is 36.0 Å². The van der Waals surface area contributed by atoms with E-state index in [1.165, 1.54) is 0 Å². The first-order chi connectivity index (χ1) is 5.45. The molecule has 0 saturated carbocycles. The molecule has 0 aliphatic carbocycles. The van der Waals surface area contributed by atoms with Crippen LogP contribution in [0.15, 0.2) is 0 Å². The Labute approximate surface area is 97.2 Å². The van der Waals surface area contributed by atoms with E-state index in [1.54, 1.807) is 0 Å². The molecule has 0 aromatic heterocycles. The van der Waals surface area contributed by atoms with Gasteiger partial charge >= 0.3 is 0 Å². The van der Waals surface area contributed by atoms with Crippen LogP contribution in [0.25, 0.3) is 0 Å². The van der Waals surface area contributed by atoms with Gasteiger partial charge in [0.1, 0.15) is 0 Å². The molecule has 0 aromatic carbocycles. The molecule has 0 aliphatic rings. The highest BCUT2D eigenvalue weighted by atomic mass is 79.9. The zero-order chi connectivity index (χ0) is 9.72. The third kappa shape index (κ3) is 5.51. The second-order valence-corrected chi connectivity index (χ2v) is 5.08. The summed E-state index contributed by atoms with van der Waals surface area (Å²) in [6.45, 7) is 0. The molecular weight excluding hydrogens is 335 g/mol. The Kier molecular flexibility index (Phi) is 6.82. The molecule has 0 aromatic rings. The zero-order valence-corrected chi connectivity index (χ0v) is 10.6. The summed E-state index contributed by atoms with van der Waals surface area (Å²) in [5.74, 6) is 0. The molecular formula is C6H6Br2Cl2O2. The van der Waals surface area contributed by atoms with Crippen LogP contribution in [0, 0.1) is 0 Å². The molecule has 0 rings (SSSR count). The van der Waals surface area contributed by atoms with Gasteiger partial charge in [-0.15, -0.1) is 0 Å². The summed E-state index contributed by atoms with van der Waals surface area (Å²) < 4.78 is 0. The SMILES string of the molecule is O=C(Cl)[C@H](Br)CC[C@@H](Br)C(=O)Cl. The van der Waals surface area contributed by atoms with Crippen molar-refractivity contribution in [2.45, 2.75) is 22.5 Å². The summed E-state index contributed by atoms with van der Waals surface area (Å²) in [5.41, 5.74) is 0. The highest BCUT2D eigenvalue weighted by Crippen LogP contribution is 2.18. The number of carbonyl (C=O) groups excluding carboxylic acids is 2. The number of halogens is 4. The van der Waals surface area contributed by atoms with Crippen LogP contribution in [0.3, 0.4) is 0 Å². The lowest BCUT2D eigenvalue weighted by atomic mass is 10.2. The van der Waals surface area contributed by atoms with Gasteiger partial charge < -0.3 is 0 Å². The molecule has 0 heterocycles. The summed E-state index contributed by atoms with van der Waals surface area (Å²) >= 11 is 16.5. The molecule has 0 bridgehead atoms. The number of rotatable bonds is 5. The lowest BCUT2D eigenvalue weighted by molar-refractivity contribution is -0.112. The molecule has 12 heavy (non-hydrogen) atoms. The standard InChI is InChI=1S/C6H6Br2Cl2O2/c7-3(5(9)11)1-2-4(8)6(10)12/h3-4H,1-2H2/t3-,4-/m1/s1. The van der Waals surface area contributed by atoms with Crippen molar-refractivity contribution < 1.29 is 9.59 Å². The summed E-state index contributed by atoms with van der Waals surface area (Å²) in [4.78, 5) is 20.2. The Bertz CT molecular complexity index is 166. The molecule has 0 aliphatic heterocycles. The number of hydrogen-bond donors (Lipinski definition) is 0. The van der Waals surface area contributed by atoms with Crippen LogP contribution < -0.4 is 0 Å². The highest BCUT2D eigenvalue weighted by molar-refractivity contribution is 9.10. The van der Waals surface area contributed by atoms with Crippen molar-refractivity contribution in [2.75, 3.05) is 0 Å². The van der Waals surface area contributed by atoms with Crippen molar-refractivity contribution in [3.8, 4) is 0 Å². The largest absolute Gasteiger partial charge is 0.280 e. The summed E-state index contributed by atoms with van der Waals surface area (Å²) in [5, 5.41) is -0.923. The molecule has 0 amide bonds. The first-order valence-electron chi connectivity index (χ1n) is 3.12. The Morgan fingerprint density at radius 1 is 1.00 bits per heavy atom. The first-order valence-corrected chi connectivity index (χ1v) is 5.70. The molecule has 0 fully saturated rings. The van der Waals surface area contributed by atoms with Crippen LogP contribution in [0.1, 0.15) is 12.8 Å². The van der Waals surface area contributed by atoms with Gasteiger partial charge in [-0.2, -0.15) is 0 Å². The first kappa shape index (κ1) is 12.9. The van der Waals surface area contributed by atoms with E-state index in [4.69, 9.17) is 23.2 Å². The Hall–Kier alpha value is 0.880. The molecule has 6 heteroatoms. The van der Waals surface area contributed by atoms with E-state index >= 15 is 0 Å². The lowest BCUT2D eigenvalue weighted by Crippen LogP contribution is -2.13. The highest BCUT2D eigenvalue weighted by Gasteiger charge is 2.17. The van der Waals surface area contributed by atoms with E-state index < -0.39 is 20.1 Å². The van der Waals surface area contributed by atoms with Crippen molar-refractivity contribution in [2.24, 2.45) is 0 Å². The van der Waals surface area contributed by atoms with Crippen molar-refractivity contribution >= 4 is 65.5 Å². The van der Waals surface area contributed by atoms with Gasteiger partial charge in [-0.25, -0.2) is 0 Å². The predicted octanol–water partition coefficient (Wildman–Crippen LogP) is 2.82. The molecule has 0 N–H and O–H groups in total. The van der Waals surface area contributed by atoms with Crippen LogP contribution in [0.2, 0.25) is 0 Å². The average molecular weight is 341 g/mol. The van der Waals surface area contributed by atoms with Crippen molar-refractivity contribution in [3.05, 3.63) is 0 Å². The van der Waals surface area contributed by atoms with E-state index in [2.05, 4.69) is 31.9 Å². The van der Waals surface area contributed by atoms with E-state index in [-0.39, 0.29) is 0 Å².